The van der Waals surface area contributed by atoms with Gasteiger partial charge in [-0.05, 0) is 6.07 Å². The Kier molecular flexibility index (Phi) is 3.26. The molecule has 2 rings (SSSR count). The van der Waals surface area contributed by atoms with Gasteiger partial charge in [0, 0.05) is 18.9 Å². The van der Waals surface area contributed by atoms with Crippen LogP contribution in [0.4, 0.5) is 5.82 Å². The minimum atomic E-state index is 0.274. The van der Waals surface area contributed by atoms with Gasteiger partial charge in [-0.1, -0.05) is 6.07 Å². The Balaban J connectivity index is 1.94. The molecule has 1 aliphatic heterocycles. The molecule has 15 heavy (non-hydrogen) atoms. The molecule has 0 aromatic carbocycles. The lowest BCUT2D eigenvalue weighted by atomic mass is 10.2. The predicted molar refractivity (Wildman–Crippen MR) is 56.8 cm³/mol. The van der Waals surface area contributed by atoms with Crippen LogP contribution in [0.25, 0.3) is 0 Å². The van der Waals surface area contributed by atoms with Gasteiger partial charge in [0.05, 0.1) is 6.54 Å². The molecule has 1 aliphatic rings. The molecule has 1 aromatic rings. The number of aliphatic imine (C=N–C) groups is 1. The zero-order chi connectivity index (χ0) is 10.5. The Labute approximate surface area is 88.1 Å². The highest BCUT2D eigenvalue weighted by Crippen LogP contribution is 2.16. The molecule has 0 saturated heterocycles. The summed E-state index contributed by atoms with van der Waals surface area (Å²) in [4.78, 5) is 8.55. The molecule has 2 heterocycles. The summed E-state index contributed by atoms with van der Waals surface area (Å²) in [6.45, 7) is 1.35. The number of ether oxygens (including phenoxy) is 2. The van der Waals surface area contributed by atoms with Gasteiger partial charge in [0.2, 0.25) is 0 Å². The summed E-state index contributed by atoms with van der Waals surface area (Å²) < 4.78 is 9.98. The number of fused-ring (bicyclic) bond motifs is 1. The first-order valence-corrected chi connectivity index (χ1v) is 4.71. The van der Waals surface area contributed by atoms with E-state index in [9.17, 15) is 0 Å². The first-order chi connectivity index (χ1) is 7.40. The Morgan fingerprint density at radius 3 is 3.33 bits per heavy atom. The summed E-state index contributed by atoms with van der Waals surface area (Å²) in [5.74, 6) is 1.65. The Morgan fingerprint density at radius 1 is 1.53 bits per heavy atom. The maximum Gasteiger partial charge on any atom is 0.146 e. The lowest BCUT2D eigenvalue weighted by Crippen LogP contribution is -2.24. The van der Waals surface area contributed by atoms with Crippen LogP contribution in [0.1, 0.15) is 5.56 Å². The molecule has 0 unspecified atom stereocenters. The minimum Gasteiger partial charge on any atom is -0.359 e. The van der Waals surface area contributed by atoms with Crippen molar-refractivity contribution in [3.63, 3.8) is 0 Å². The van der Waals surface area contributed by atoms with Crippen LogP contribution in [-0.2, 0) is 16.0 Å². The van der Waals surface area contributed by atoms with E-state index in [1.807, 2.05) is 12.1 Å². The molecule has 5 heteroatoms. The van der Waals surface area contributed by atoms with E-state index in [2.05, 4.69) is 15.3 Å². The number of aromatic nitrogens is 1. The summed E-state index contributed by atoms with van der Waals surface area (Å²) in [7, 11) is 1.59. The minimum absolute atomic E-state index is 0.274. The van der Waals surface area contributed by atoms with Gasteiger partial charge in [0.25, 0.3) is 0 Å². The molecule has 0 atom stereocenters. The molecule has 0 spiro atoms. The van der Waals surface area contributed by atoms with Crippen LogP contribution in [0.3, 0.4) is 0 Å². The summed E-state index contributed by atoms with van der Waals surface area (Å²) in [6, 6.07) is 3.91. The molecule has 0 fully saturated rings. The highest BCUT2D eigenvalue weighted by Gasteiger charge is 2.11. The van der Waals surface area contributed by atoms with Gasteiger partial charge in [-0.25, -0.2) is 4.98 Å². The van der Waals surface area contributed by atoms with Crippen molar-refractivity contribution in [3.05, 3.63) is 23.9 Å². The summed E-state index contributed by atoms with van der Waals surface area (Å²) in [5.41, 5.74) is 1.10. The van der Waals surface area contributed by atoms with E-state index < -0.39 is 0 Å². The quantitative estimate of drug-likeness (QED) is 0.591. The third-order valence-corrected chi connectivity index (χ3v) is 2.03. The average molecular weight is 207 g/mol. The Bertz CT molecular complexity index is 365. The van der Waals surface area contributed by atoms with Gasteiger partial charge in [-0.2, -0.15) is 0 Å². The highest BCUT2D eigenvalue weighted by molar-refractivity contribution is 5.97. The second kappa shape index (κ2) is 4.86. The van der Waals surface area contributed by atoms with E-state index in [1.54, 1.807) is 13.3 Å². The van der Waals surface area contributed by atoms with Crippen molar-refractivity contribution in [2.24, 2.45) is 4.99 Å². The monoisotopic (exact) mass is 207 g/mol. The maximum atomic E-state index is 5.19. The van der Waals surface area contributed by atoms with E-state index in [4.69, 9.17) is 9.47 Å². The summed E-state index contributed by atoms with van der Waals surface area (Å²) in [6.07, 6.45) is 1.75. The number of nitrogens with one attached hydrogen (secondary N) is 1. The molecule has 0 amide bonds. The normalized spacial score (nSPS) is 14.1. The van der Waals surface area contributed by atoms with Gasteiger partial charge < -0.3 is 14.8 Å². The van der Waals surface area contributed by atoms with Crippen LogP contribution in [0.15, 0.2) is 23.3 Å². The zero-order valence-electron chi connectivity index (χ0n) is 8.56. The van der Waals surface area contributed by atoms with E-state index >= 15 is 0 Å². The van der Waals surface area contributed by atoms with Crippen LogP contribution in [0, 0.1) is 0 Å². The van der Waals surface area contributed by atoms with Gasteiger partial charge in [-0.3, -0.25) is 4.99 Å². The van der Waals surface area contributed by atoms with Gasteiger partial charge >= 0.3 is 0 Å². The van der Waals surface area contributed by atoms with E-state index in [1.165, 1.54) is 0 Å². The SMILES string of the molecule is COCOCC1=NCc2cccnc2N1. The van der Waals surface area contributed by atoms with Crippen molar-refractivity contribution in [3.8, 4) is 0 Å². The van der Waals surface area contributed by atoms with Crippen LogP contribution in [0.2, 0.25) is 0 Å². The van der Waals surface area contributed by atoms with Gasteiger partial charge in [-0.15, -0.1) is 0 Å². The fourth-order valence-electron chi connectivity index (χ4n) is 1.34. The molecule has 0 saturated carbocycles. The topological polar surface area (TPSA) is 55.7 Å². The number of hydrogen-bond acceptors (Lipinski definition) is 5. The van der Waals surface area contributed by atoms with Crippen molar-refractivity contribution in [2.75, 3.05) is 25.8 Å². The Morgan fingerprint density at radius 2 is 2.47 bits per heavy atom. The van der Waals surface area contributed by atoms with Crippen molar-refractivity contribution in [2.45, 2.75) is 6.54 Å². The number of rotatable bonds is 4. The fraction of sp³-hybridized carbons (Fsp3) is 0.400. The van der Waals surface area contributed by atoms with Crippen LogP contribution in [-0.4, -0.2) is 31.3 Å². The maximum absolute atomic E-state index is 5.19. The van der Waals surface area contributed by atoms with Crippen LogP contribution < -0.4 is 5.32 Å². The van der Waals surface area contributed by atoms with Crippen molar-refractivity contribution < 1.29 is 9.47 Å². The van der Waals surface area contributed by atoms with E-state index in [0.717, 1.165) is 17.2 Å². The number of methoxy groups -OCH3 is 1. The fourth-order valence-corrected chi connectivity index (χ4v) is 1.34. The number of nitrogens with zero attached hydrogens (tertiary/aromatic N) is 2. The highest BCUT2D eigenvalue weighted by atomic mass is 16.7. The number of hydrogen-bond donors (Lipinski definition) is 1. The van der Waals surface area contributed by atoms with Crippen molar-refractivity contribution in [1.29, 1.82) is 0 Å². The third kappa shape index (κ3) is 2.51. The first-order valence-electron chi connectivity index (χ1n) is 4.71. The summed E-state index contributed by atoms with van der Waals surface area (Å²) in [5, 5.41) is 3.11. The largest absolute Gasteiger partial charge is 0.359 e. The van der Waals surface area contributed by atoms with Gasteiger partial charge in [0.1, 0.15) is 25.1 Å². The van der Waals surface area contributed by atoms with Crippen LogP contribution >= 0.6 is 0 Å². The van der Waals surface area contributed by atoms with Gasteiger partial charge in [0.15, 0.2) is 0 Å². The second-order valence-corrected chi connectivity index (χ2v) is 3.15. The van der Waals surface area contributed by atoms with Crippen LogP contribution in [0.5, 0.6) is 0 Å². The molecule has 0 radical (unpaired) electrons. The molecule has 1 aromatic heterocycles. The first kappa shape index (κ1) is 10.1. The molecule has 0 aliphatic carbocycles. The smallest absolute Gasteiger partial charge is 0.146 e. The van der Waals surface area contributed by atoms with Crippen molar-refractivity contribution >= 4 is 11.7 Å². The number of anilines is 1. The predicted octanol–water partition coefficient (Wildman–Crippen LogP) is 1.03. The summed E-state index contributed by atoms with van der Waals surface area (Å²) >= 11 is 0. The molecular formula is C10H13N3O2. The molecule has 0 bridgehead atoms. The number of pyridine rings is 1. The van der Waals surface area contributed by atoms with Crippen molar-refractivity contribution in [1.82, 2.24) is 4.98 Å². The Hall–Kier alpha value is -1.46. The third-order valence-electron chi connectivity index (χ3n) is 2.03. The lowest BCUT2D eigenvalue weighted by Gasteiger charge is -2.16. The standard InChI is InChI=1S/C10H13N3O2/c1-14-7-15-6-9-12-5-8-3-2-4-11-10(8)13-9/h2-4H,5-7H2,1H3,(H,11,12,13). The molecule has 1 N–H and O–H groups in total. The number of amidine groups is 1. The molecule has 5 nitrogen and oxygen atoms in total. The van der Waals surface area contributed by atoms with E-state index in [0.29, 0.717) is 13.2 Å². The lowest BCUT2D eigenvalue weighted by molar-refractivity contribution is -0.0145. The zero-order valence-corrected chi connectivity index (χ0v) is 8.56. The van der Waals surface area contributed by atoms with E-state index in [-0.39, 0.29) is 6.79 Å². The molecule has 80 valence electrons. The average Bonchev–Trinajstić information content (AvgIpc) is 2.29. The molecular weight excluding hydrogens is 194 g/mol. The second-order valence-electron chi connectivity index (χ2n) is 3.15.